The number of benzene rings is 1. The molecule has 0 aliphatic carbocycles. The number of imidazole rings is 1. The summed E-state index contributed by atoms with van der Waals surface area (Å²) >= 11 is 0. The molecule has 2 aromatic rings. The van der Waals surface area contributed by atoms with Crippen molar-refractivity contribution in [3.8, 4) is 0 Å². The van der Waals surface area contributed by atoms with Crippen LogP contribution in [-0.2, 0) is 13.6 Å². The van der Waals surface area contributed by atoms with Crippen LogP contribution in [0.1, 0.15) is 31.3 Å². The highest BCUT2D eigenvalue weighted by molar-refractivity contribution is 5.16. The molecule has 0 amide bonds. The molecule has 4 nitrogen and oxygen atoms in total. The van der Waals surface area contributed by atoms with Crippen molar-refractivity contribution in [2.24, 2.45) is 12.5 Å². The zero-order valence-corrected chi connectivity index (χ0v) is 12.7. The lowest BCUT2D eigenvalue weighted by Crippen LogP contribution is -2.38. The molecule has 2 rings (SSSR count). The Labute approximate surface area is 124 Å². The van der Waals surface area contributed by atoms with E-state index in [9.17, 15) is 9.50 Å². The molecule has 0 aliphatic heterocycles. The number of nitrogens with zero attached hydrogens (tertiary/aromatic N) is 2. The van der Waals surface area contributed by atoms with Gasteiger partial charge >= 0.3 is 0 Å². The molecule has 0 saturated heterocycles. The van der Waals surface area contributed by atoms with E-state index in [-0.39, 0.29) is 23.9 Å². The van der Waals surface area contributed by atoms with Crippen LogP contribution in [0.2, 0.25) is 0 Å². The zero-order valence-electron chi connectivity index (χ0n) is 12.7. The first-order valence-corrected chi connectivity index (χ1v) is 7.00. The summed E-state index contributed by atoms with van der Waals surface area (Å²) in [5, 5.41) is 13.0. The van der Waals surface area contributed by atoms with Crippen LogP contribution in [0.25, 0.3) is 0 Å². The Morgan fingerprint density at radius 1 is 1.43 bits per heavy atom. The van der Waals surface area contributed by atoms with Gasteiger partial charge in [-0.05, 0) is 17.7 Å². The Kier molecular flexibility index (Phi) is 4.75. The van der Waals surface area contributed by atoms with Crippen LogP contribution < -0.4 is 5.32 Å². The molecule has 0 unspecified atom stereocenters. The fourth-order valence-corrected chi connectivity index (χ4v) is 2.33. The molecule has 1 atom stereocenters. The second kappa shape index (κ2) is 6.37. The van der Waals surface area contributed by atoms with E-state index >= 15 is 0 Å². The highest BCUT2D eigenvalue weighted by atomic mass is 19.1. The second-order valence-corrected chi connectivity index (χ2v) is 5.99. The maximum Gasteiger partial charge on any atom is 0.126 e. The first-order chi connectivity index (χ1) is 9.94. The normalized spacial score (nSPS) is 13.4. The van der Waals surface area contributed by atoms with Gasteiger partial charge in [-0.15, -0.1) is 0 Å². The van der Waals surface area contributed by atoms with Gasteiger partial charge in [0.15, 0.2) is 0 Å². The Balaban J connectivity index is 2.19. The van der Waals surface area contributed by atoms with Crippen LogP contribution in [0, 0.1) is 11.2 Å². The van der Waals surface area contributed by atoms with E-state index in [0.29, 0.717) is 6.54 Å². The number of halogens is 1. The Morgan fingerprint density at radius 3 is 2.76 bits per heavy atom. The van der Waals surface area contributed by atoms with Gasteiger partial charge in [-0.25, -0.2) is 9.37 Å². The Morgan fingerprint density at radius 2 is 2.19 bits per heavy atom. The van der Waals surface area contributed by atoms with Crippen LogP contribution in [-0.4, -0.2) is 21.3 Å². The van der Waals surface area contributed by atoms with Gasteiger partial charge in [0.1, 0.15) is 11.6 Å². The SMILES string of the molecule is Cn1ccnc1[C@H](NCc1cccc(F)c1)C(C)(C)CO. The first kappa shape index (κ1) is 15.7. The molecule has 21 heavy (non-hydrogen) atoms. The number of hydrogen-bond donors (Lipinski definition) is 2. The minimum absolute atomic E-state index is 0.0284. The van der Waals surface area contributed by atoms with E-state index in [1.165, 1.54) is 12.1 Å². The van der Waals surface area contributed by atoms with Crippen LogP contribution in [0.5, 0.6) is 0 Å². The van der Waals surface area contributed by atoms with Gasteiger partial charge in [0.05, 0.1) is 12.6 Å². The summed E-state index contributed by atoms with van der Waals surface area (Å²) in [5.74, 6) is 0.606. The molecular formula is C16H22FN3O. The molecule has 114 valence electrons. The predicted molar refractivity (Wildman–Crippen MR) is 80.1 cm³/mol. The summed E-state index contributed by atoms with van der Waals surface area (Å²) in [5.41, 5.74) is 0.481. The van der Waals surface area contributed by atoms with Crippen molar-refractivity contribution in [2.75, 3.05) is 6.61 Å². The molecule has 0 radical (unpaired) electrons. The number of aryl methyl sites for hydroxylation is 1. The fourth-order valence-electron chi connectivity index (χ4n) is 2.33. The molecule has 1 aromatic carbocycles. The third-order valence-corrected chi connectivity index (χ3v) is 3.70. The van der Waals surface area contributed by atoms with Crippen molar-refractivity contribution in [1.29, 1.82) is 0 Å². The monoisotopic (exact) mass is 291 g/mol. The lowest BCUT2D eigenvalue weighted by Gasteiger charge is -2.33. The summed E-state index contributed by atoms with van der Waals surface area (Å²) in [6, 6.07) is 6.37. The number of aliphatic hydroxyl groups excluding tert-OH is 1. The van der Waals surface area contributed by atoms with Gasteiger partial charge in [0.25, 0.3) is 0 Å². The number of nitrogens with one attached hydrogen (secondary N) is 1. The third kappa shape index (κ3) is 3.68. The molecule has 1 aromatic heterocycles. The fraction of sp³-hybridized carbons (Fsp3) is 0.438. The molecule has 0 fully saturated rings. The number of aliphatic hydroxyl groups is 1. The highest BCUT2D eigenvalue weighted by Gasteiger charge is 2.32. The molecule has 1 heterocycles. The zero-order chi connectivity index (χ0) is 15.5. The second-order valence-electron chi connectivity index (χ2n) is 5.99. The van der Waals surface area contributed by atoms with Gasteiger partial charge in [0, 0.05) is 31.4 Å². The molecule has 0 spiro atoms. The Bertz CT molecular complexity index is 595. The van der Waals surface area contributed by atoms with Crippen LogP contribution in [0.15, 0.2) is 36.7 Å². The van der Waals surface area contributed by atoms with Gasteiger partial charge in [0.2, 0.25) is 0 Å². The van der Waals surface area contributed by atoms with Gasteiger partial charge < -0.3 is 15.0 Å². The first-order valence-electron chi connectivity index (χ1n) is 7.00. The topological polar surface area (TPSA) is 50.1 Å². The van der Waals surface area contributed by atoms with E-state index in [1.54, 1.807) is 12.3 Å². The third-order valence-electron chi connectivity index (χ3n) is 3.70. The van der Waals surface area contributed by atoms with Gasteiger partial charge in [-0.1, -0.05) is 26.0 Å². The van der Waals surface area contributed by atoms with Crippen LogP contribution in [0.3, 0.4) is 0 Å². The number of hydrogen-bond acceptors (Lipinski definition) is 3. The number of rotatable bonds is 6. The van der Waals surface area contributed by atoms with Crippen molar-refractivity contribution >= 4 is 0 Å². The Hall–Kier alpha value is -1.72. The van der Waals surface area contributed by atoms with Crippen molar-refractivity contribution < 1.29 is 9.50 Å². The smallest absolute Gasteiger partial charge is 0.126 e. The van der Waals surface area contributed by atoms with Crippen LogP contribution >= 0.6 is 0 Å². The average molecular weight is 291 g/mol. The summed E-state index contributed by atoms with van der Waals surface area (Å²) in [4.78, 5) is 4.38. The summed E-state index contributed by atoms with van der Waals surface area (Å²) in [6.45, 7) is 4.50. The maximum atomic E-state index is 13.2. The molecule has 5 heteroatoms. The standard InChI is InChI=1S/C16H22FN3O/c1-16(2,11-21)14(15-18-7-8-20(15)3)19-10-12-5-4-6-13(17)9-12/h4-9,14,19,21H,10-11H2,1-3H3/t14-/m0/s1. The summed E-state index contributed by atoms with van der Waals surface area (Å²) in [6.07, 6.45) is 3.61. The molecule has 2 N–H and O–H groups in total. The van der Waals surface area contributed by atoms with Crippen molar-refractivity contribution in [2.45, 2.75) is 26.4 Å². The quantitative estimate of drug-likeness (QED) is 0.859. The lowest BCUT2D eigenvalue weighted by atomic mass is 9.84. The van der Waals surface area contributed by atoms with Crippen LogP contribution in [0.4, 0.5) is 4.39 Å². The summed E-state index contributed by atoms with van der Waals surface area (Å²) in [7, 11) is 1.92. The van der Waals surface area contributed by atoms with Gasteiger partial charge in [-0.2, -0.15) is 0 Å². The molecule has 0 bridgehead atoms. The number of aromatic nitrogens is 2. The van der Waals surface area contributed by atoms with E-state index in [1.807, 2.05) is 37.7 Å². The minimum atomic E-state index is -0.383. The summed E-state index contributed by atoms with van der Waals surface area (Å²) < 4.78 is 15.2. The predicted octanol–water partition coefficient (Wildman–Crippen LogP) is 2.41. The van der Waals surface area contributed by atoms with E-state index in [2.05, 4.69) is 10.3 Å². The lowest BCUT2D eigenvalue weighted by molar-refractivity contribution is 0.109. The van der Waals surface area contributed by atoms with E-state index in [0.717, 1.165) is 11.4 Å². The molecule has 0 saturated carbocycles. The molecule has 0 aliphatic rings. The van der Waals surface area contributed by atoms with E-state index in [4.69, 9.17) is 0 Å². The maximum absolute atomic E-state index is 13.2. The van der Waals surface area contributed by atoms with Crippen molar-refractivity contribution in [1.82, 2.24) is 14.9 Å². The molecular weight excluding hydrogens is 269 g/mol. The average Bonchev–Trinajstić information content (AvgIpc) is 2.85. The largest absolute Gasteiger partial charge is 0.396 e. The highest BCUT2D eigenvalue weighted by Crippen LogP contribution is 2.32. The van der Waals surface area contributed by atoms with Crippen molar-refractivity contribution in [3.63, 3.8) is 0 Å². The van der Waals surface area contributed by atoms with Crippen molar-refractivity contribution in [3.05, 3.63) is 53.9 Å². The minimum Gasteiger partial charge on any atom is -0.396 e. The van der Waals surface area contributed by atoms with Gasteiger partial charge in [-0.3, -0.25) is 0 Å². The van der Waals surface area contributed by atoms with E-state index < -0.39 is 0 Å².